The van der Waals surface area contributed by atoms with Gasteiger partial charge in [0.05, 0.1) is 11.6 Å². The van der Waals surface area contributed by atoms with Crippen LogP contribution in [0.25, 0.3) is 6.08 Å². The molecule has 0 radical (unpaired) electrons. The first-order chi connectivity index (χ1) is 10.1. The molecule has 3 nitrogen and oxygen atoms in total. The summed E-state index contributed by atoms with van der Waals surface area (Å²) in [6.07, 6.45) is 3.30. The maximum absolute atomic E-state index is 12.1. The van der Waals surface area contributed by atoms with Gasteiger partial charge >= 0.3 is 0 Å². The van der Waals surface area contributed by atoms with Crippen molar-refractivity contribution in [2.75, 3.05) is 19.0 Å². The third-order valence-corrected chi connectivity index (χ3v) is 3.14. The second-order valence-corrected chi connectivity index (χ2v) is 4.87. The highest BCUT2D eigenvalue weighted by Gasteiger charge is 2.02. The molecule has 0 amide bonds. The van der Waals surface area contributed by atoms with Crippen molar-refractivity contribution in [3.05, 3.63) is 71.3 Å². The molecule has 3 heteroatoms. The lowest BCUT2D eigenvalue weighted by Crippen LogP contribution is -2.08. The summed E-state index contributed by atoms with van der Waals surface area (Å²) in [5, 5.41) is 8.73. The predicted octanol–water partition coefficient (Wildman–Crippen LogP) is 3.52. The van der Waals surface area contributed by atoms with Crippen LogP contribution in [-0.2, 0) is 0 Å². The van der Waals surface area contributed by atoms with Crippen LogP contribution in [0.4, 0.5) is 5.69 Å². The Morgan fingerprint density at radius 1 is 1.05 bits per heavy atom. The van der Waals surface area contributed by atoms with Crippen LogP contribution < -0.4 is 4.90 Å². The van der Waals surface area contributed by atoms with Crippen LogP contribution in [-0.4, -0.2) is 19.9 Å². The average molecular weight is 276 g/mol. The van der Waals surface area contributed by atoms with Crippen LogP contribution in [0, 0.1) is 11.3 Å². The van der Waals surface area contributed by atoms with Gasteiger partial charge in [-0.15, -0.1) is 0 Å². The monoisotopic (exact) mass is 276 g/mol. The third kappa shape index (κ3) is 3.80. The minimum atomic E-state index is -0.0373. The molecule has 0 bridgehead atoms. The molecule has 21 heavy (non-hydrogen) atoms. The minimum absolute atomic E-state index is 0.0373. The van der Waals surface area contributed by atoms with Gasteiger partial charge in [-0.3, -0.25) is 4.79 Å². The number of rotatable bonds is 4. The molecule has 104 valence electrons. The van der Waals surface area contributed by atoms with E-state index in [2.05, 4.69) is 6.07 Å². The van der Waals surface area contributed by atoms with Crippen LogP contribution in [0.15, 0.2) is 54.6 Å². The fraction of sp³-hybridized carbons (Fsp3) is 0.111. The molecule has 0 saturated heterocycles. The third-order valence-electron chi connectivity index (χ3n) is 3.14. The Balaban J connectivity index is 2.09. The Morgan fingerprint density at radius 2 is 1.67 bits per heavy atom. The first-order valence-electron chi connectivity index (χ1n) is 6.60. The van der Waals surface area contributed by atoms with Crippen molar-refractivity contribution in [3.8, 4) is 6.07 Å². The van der Waals surface area contributed by atoms with E-state index in [0.717, 1.165) is 11.3 Å². The Kier molecular flexibility index (Phi) is 4.53. The second kappa shape index (κ2) is 6.53. The minimum Gasteiger partial charge on any atom is -0.378 e. The Hall–Kier alpha value is -2.86. The summed E-state index contributed by atoms with van der Waals surface area (Å²) in [4.78, 5) is 14.1. The zero-order chi connectivity index (χ0) is 15.2. The number of carbonyl (C=O) groups is 1. The van der Waals surface area contributed by atoms with Crippen molar-refractivity contribution < 1.29 is 4.79 Å². The average Bonchev–Trinajstić information content (AvgIpc) is 2.53. The molecule has 0 fully saturated rings. The summed E-state index contributed by atoms with van der Waals surface area (Å²) in [6, 6.07) is 16.6. The standard InChI is InChI=1S/C18H16N2O/c1-20(2)17-10-8-16(9-11-17)18(21)12-7-14-3-5-15(13-19)6-4-14/h3-12H,1-2H3/b12-7+. The van der Waals surface area contributed by atoms with Gasteiger partial charge in [-0.1, -0.05) is 18.2 Å². The summed E-state index contributed by atoms with van der Waals surface area (Å²) < 4.78 is 0. The lowest BCUT2D eigenvalue weighted by molar-refractivity contribution is 0.104. The van der Waals surface area contributed by atoms with Gasteiger partial charge in [0.1, 0.15) is 0 Å². The van der Waals surface area contributed by atoms with E-state index in [-0.39, 0.29) is 5.78 Å². The molecule has 0 aromatic heterocycles. The van der Waals surface area contributed by atoms with E-state index in [9.17, 15) is 4.79 Å². The molecule has 0 unspecified atom stereocenters. The van der Waals surface area contributed by atoms with Gasteiger partial charge in [0.25, 0.3) is 0 Å². The van der Waals surface area contributed by atoms with Crippen molar-refractivity contribution in [1.29, 1.82) is 5.26 Å². The number of allylic oxidation sites excluding steroid dienone is 1. The number of benzene rings is 2. The maximum Gasteiger partial charge on any atom is 0.185 e. The molecular weight excluding hydrogens is 260 g/mol. The number of nitrogens with zero attached hydrogens (tertiary/aromatic N) is 2. The van der Waals surface area contributed by atoms with Crippen molar-refractivity contribution in [1.82, 2.24) is 0 Å². The number of hydrogen-bond donors (Lipinski definition) is 0. The molecule has 0 heterocycles. The number of carbonyl (C=O) groups excluding carboxylic acids is 1. The van der Waals surface area contributed by atoms with E-state index in [4.69, 9.17) is 5.26 Å². The summed E-state index contributed by atoms with van der Waals surface area (Å²) in [7, 11) is 3.92. The maximum atomic E-state index is 12.1. The van der Waals surface area contributed by atoms with Gasteiger partial charge in [-0.2, -0.15) is 5.26 Å². The lowest BCUT2D eigenvalue weighted by atomic mass is 10.1. The Morgan fingerprint density at radius 3 is 2.19 bits per heavy atom. The quantitative estimate of drug-likeness (QED) is 0.634. The molecule has 0 aliphatic carbocycles. The van der Waals surface area contributed by atoms with Crippen LogP contribution in [0.5, 0.6) is 0 Å². The van der Waals surface area contributed by atoms with E-state index in [1.165, 1.54) is 0 Å². The number of hydrogen-bond acceptors (Lipinski definition) is 3. The first kappa shape index (κ1) is 14.5. The molecule has 0 aliphatic heterocycles. The molecule has 0 saturated carbocycles. The van der Waals surface area contributed by atoms with Gasteiger partial charge in [0.15, 0.2) is 5.78 Å². The Bertz CT molecular complexity index is 689. The molecule has 2 aromatic rings. The topological polar surface area (TPSA) is 44.1 Å². The zero-order valence-electron chi connectivity index (χ0n) is 12.1. The van der Waals surface area contributed by atoms with Crippen LogP contribution >= 0.6 is 0 Å². The van der Waals surface area contributed by atoms with Crippen LogP contribution in [0.2, 0.25) is 0 Å². The van der Waals surface area contributed by atoms with E-state index >= 15 is 0 Å². The molecule has 0 aliphatic rings. The number of nitriles is 1. The SMILES string of the molecule is CN(C)c1ccc(C(=O)/C=C/c2ccc(C#N)cc2)cc1. The van der Waals surface area contributed by atoms with Gasteiger partial charge < -0.3 is 4.90 Å². The predicted molar refractivity (Wildman–Crippen MR) is 85.3 cm³/mol. The Labute approximate surface area is 124 Å². The van der Waals surface area contributed by atoms with Gasteiger partial charge in [-0.05, 0) is 48.0 Å². The highest BCUT2D eigenvalue weighted by Crippen LogP contribution is 2.13. The fourth-order valence-corrected chi connectivity index (χ4v) is 1.86. The molecule has 0 N–H and O–H groups in total. The highest BCUT2D eigenvalue weighted by molar-refractivity contribution is 6.06. The van der Waals surface area contributed by atoms with Crippen molar-refractivity contribution in [2.45, 2.75) is 0 Å². The normalized spacial score (nSPS) is 10.3. The molecule has 2 aromatic carbocycles. The van der Waals surface area contributed by atoms with Crippen molar-refractivity contribution in [2.24, 2.45) is 0 Å². The van der Waals surface area contributed by atoms with Gasteiger partial charge in [-0.25, -0.2) is 0 Å². The van der Waals surface area contributed by atoms with Crippen LogP contribution in [0.1, 0.15) is 21.5 Å². The second-order valence-electron chi connectivity index (χ2n) is 4.87. The van der Waals surface area contributed by atoms with Crippen molar-refractivity contribution in [3.63, 3.8) is 0 Å². The van der Waals surface area contributed by atoms with Crippen molar-refractivity contribution >= 4 is 17.5 Å². The van der Waals surface area contributed by atoms with E-state index in [1.54, 1.807) is 24.3 Å². The van der Waals surface area contributed by atoms with E-state index in [1.807, 2.05) is 55.4 Å². The smallest absolute Gasteiger partial charge is 0.185 e. The van der Waals surface area contributed by atoms with Crippen LogP contribution in [0.3, 0.4) is 0 Å². The largest absolute Gasteiger partial charge is 0.378 e. The molecule has 0 atom stereocenters. The lowest BCUT2D eigenvalue weighted by Gasteiger charge is -2.11. The summed E-state index contributed by atoms with van der Waals surface area (Å²) >= 11 is 0. The summed E-state index contributed by atoms with van der Waals surface area (Å²) in [5.41, 5.74) is 3.22. The molecule has 2 rings (SSSR count). The van der Waals surface area contributed by atoms with E-state index < -0.39 is 0 Å². The van der Waals surface area contributed by atoms with E-state index in [0.29, 0.717) is 11.1 Å². The first-order valence-corrected chi connectivity index (χ1v) is 6.60. The van der Waals surface area contributed by atoms with Gasteiger partial charge in [0, 0.05) is 25.3 Å². The summed E-state index contributed by atoms with van der Waals surface area (Å²) in [5.74, 6) is -0.0373. The number of ketones is 1. The number of anilines is 1. The fourth-order valence-electron chi connectivity index (χ4n) is 1.86. The molecule has 0 spiro atoms. The summed E-state index contributed by atoms with van der Waals surface area (Å²) in [6.45, 7) is 0. The zero-order valence-corrected chi connectivity index (χ0v) is 12.1. The highest BCUT2D eigenvalue weighted by atomic mass is 16.1. The molecular formula is C18H16N2O. The van der Waals surface area contributed by atoms with Gasteiger partial charge in [0.2, 0.25) is 0 Å².